The van der Waals surface area contributed by atoms with Crippen LogP contribution in [0, 0.1) is 5.92 Å². The second-order valence-electron chi connectivity index (χ2n) is 5.13. The Morgan fingerprint density at radius 3 is 2.65 bits per heavy atom. The van der Waals surface area contributed by atoms with Crippen LogP contribution in [0.1, 0.15) is 31.2 Å². The first-order valence-corrected chi connectivity index (χ1v) is 6.79. The summed E-state index contributed by atoms with van der Waals surface area (Å²) in [6, 6.07) is 3.02. The van der Waals surface area contributed by atoms with Crippen molar-refractivity contribution in [2.75, 3.05) is 7.11 Å². The quantitative estimate of drug-likeness (QED) is 0.923. The third kappa shape index (κ3) is 3.85. The lowest BCUT2D eigenvalue weighted by Gasteiger charge is -2.33. The number of alkyl halides is 3. The van der Waals surface area contributed by atoms with Gasteiger partial charge in [0.05, 0.1) is 13.0 Å². The van der Waals surface area contributed by atoms with Gasteiger partial charge in [-0.05, 0) is 18.4 Å². The minimum Gasteiger partial charge on any atom is -0.481 e. The largest absolute Gasteiger partial charge is 0.481 e. The van der Waals surface area contributed by atoms with E-state index >= 15 is 0 Å². The van der Waals surface area contributed by atoms with E-state index in [-0.39, 0.29) is 6.42 Å². The van der Waals surface area contributed by atoms with Crippen molar-refractivity contribution < 1.29 is 17.9 Å². The van der Waals surface area contributed by atoms with Crippen LogP contribution in [0.2, 0.25) is 0 Å². The van der Waals surface area contributed by atoms with Gasteiger partial charge in [0, 0.05) is 24.8 Å². The van der Waals surface area contributed by atoms with Crippen LogP contribution in [-0.2, 0) is 6.54 Å². The molecule has 112 valence electrons. The minimum absolute atomic E-state index is 0.224. The van der Waals surface area contributed by atoms with E-state index in [1.54, 1.807) is 12.3 Å². The smallest absolute Gasteiger partial charge is 0.393 e. The number of rotatable bonds is 4. The van der Waals surface area contributed by atoms with Crippen molar-refractivity contribution in [3.05, 3.63) is 23.9 Å². The average Bonchev–Trinajstić information content (AvgIpc) is 2.45. The number of ether oxygens (including phenoxy) is 1. The van der Waals surface area contributed by atoms with Crippen LogP contribution in [0.25, 0.3) is 0 Å². The molecule has 1 heterocycles. The highest BCUT2D eigenvalue weighted by Crippen LogP contribution is 2.37. The Kier molecular flexibility index (Phi) is 4.86. The first kappa shape index (κ1) is 15.1. The number of aromatic nitrogens is 1. The van der Waals surface area contributed by atoms with Gasteiger partial charge in [0.2, 0.25) is 5.88 Å². The Morgan fingerprint density at radius 2 is 2.05 bits per heavy atom. The Morgan fingerprint density at radius 1 is 1.30 bits per heavy atom. The molecular formula is C14H19F3N2O. The van der Waals surface area contributed by atoms with Crippen molar-refractivity contribution in [3.8, 4) is 5.88 Å². The van der Waals surface area contributed by atoms with Gasteiger partial charge in [-0.15, -0.1) is 0 Å². The third-order valence-corrected chi connectivity index (χ3v) is 3.76. The van der Waals surface area contributed by atoms with Crippen LogP contribution in [0.4, 0.5) is 13.2 Å². The molecule has 1 aliphatic carbocycles. The summed E-state index contributed by atoms with van der Waals surface area (Å²) in [6.07, 6.45) is -0.180. The molecule has 3 nitrogen and oxygen atoms in total. The summed E-state index contributed by atoms with van der Waals surface area (Å²) in [5, 5.41) is 3.03. The van der Waals surface area contributed by atoms with Crippen molar-refractivity contribution in [1.29, 1.82) is 0 Å². The molecule has 1 saturated carbocycles. The predicted molar refractivity (Wildman–Crippen MR) is 69.4 cm³/mol. The molecule has 0 amide bonds. The molecule has 0 spiro atoms. The molecule has 1 N–H and O–H groups in total. The summed E-state index contributed by atoms with van der Waals surface area (Å²) in [5.41, 5.74) is 0.859. The monoisotopic (exact) mass is 288 g/mol. The maximum atomic E-state index is 12.9. The van der Waals surface area contributed by atoms with Crippen LogP contribution in [0.15, 0.2) is 18.3 Å². The molecule has 0 saturated heterocycles. The molecule has 6 heteroatoms. The van der Waals surface area contributed by atoms with Gasteiger partial charge in [-0.1, -0.05) is 18.9 Å². The summed E-state index contributed by atoms with van der Waals surface area (Å²) in [7, 11) is 1.52. The molecule has 1 aromatic heterocycles. The second-order valence-corrected chi connectivity index (χ2v) is 5.13. The van der Waals surface area contributed by atoms with E-state index in [1.807, 2.05) is 6.07 Å². The lowest BCUT2D eigenvalue weighted by atomic mass is 9.84. The van der Waals surface area contributed by atoms with E-state index < -0.39 is 18.1 Å². The Labute approximate surface area is 116 Å². The van der Waals surface area contributed by atoms with Gasteiger partial charge in [-0.3, -0.25) is 0 Å². The van der Waals surface area contributed by atoms with Gasteiger partial charge < -0.3 is 10.1 Å². The number of halogens is 3. The molecule has 1 fully saturated rings. The van der Waals surface area contributed by atoms with E-state index in [2.05, 4.69) is 10.3 Å². The van der Waals surface area contributed by atoms with Crippen LogP contribution in [0.3, 0.4) is 0 Å². The predicted octanol–water partition coefficient (Wildman–Crippen LogP) is 3.30. The van der Waals surface area contributed by atoms with Crippen molar-refractivity contribution in [3.63, 3.8) is 0 Å². The minimum atomic E-state index is -4.11. The van der Waals surface area contributed by atoms with Crippen molar-refractivity contribution in [2.24, 2.45) is 5.92 Å². The molecular weight excluding hydrogens is 269 g/mol. The fourth-order valence-corrected chi connectivity index (χ4v) is 2.65. The number of methoxy groups -OCH3 is 1. The summed E-state index contributed by atoms with van der Waals surface area (Å²) in [4.78, 5) is 4.04. The summed E-state index contributed by atoms with van der Waals surface area (Å²) >= 11 is 0. The third-order valence-electron chi connectivity index (χ3n) is 3.76. The fraction of sp³-hybridized carbons (Fsp3) is 0.643. The van der Waals surface area contributed by atoms with Crippen LogP contribution < -0.4 is 10.1 Å². The maximum absolute atomic E-state index is 12.9. The molecule has 2 rings (SSSR count). The molecule has 1 aliphatic rings. The Hall–Kier alpha value is -1.30. The number of nitrogens with zero attached hydrogens (tertiary/aromatic N) is 1. The highest BCUT2D eigenvalue weighted by Gasteiger charge is 2.45. The standard InChI is InChI=1S/C14H19F3N2O/c1-20-13-7-6-10(9-19-13)8-18-12-5-3-2-4-11(12)14(15,16)17/h6-7,9,11-12,18H,2-5,8H2,1H3. The number of nitrogens with one attached hydrogen (secondary N) is 1. The highest BCUT2D eigenvalue weighted by atomic mass is 19.4. The van der Waals surface area contributed by atoms with Gasteiger partial charge in [0.1, 0.15) is 0 Å². The fourth-order valence-electron chi connectivity index (χ4n) is 2.65. The summed E-state index contributed by atoms with van der Waals surface area (Å²) in [6.45, 7) is 0.397. The maximum Gasteiger partial charge on any atom is 0.393 e. The first-order chi connectivity index (χ1) is 9.50. The molecule has 2 atom stereocenters. The van der Waals surface area contributed by atoms with Gasteiger partial charge in [0.15, 0.2) is 0 Å². The van der Waals surface area contributed by atoms with Crippen molar-refractivity contribution >= 4 is 0 Å². The Balaban J connectivity index is 1.93. The normalized spacial score (nSPS) is 23.6. The van der Waals surface area contributed by atoms with Crippen LogP contribution >= 0.6 is 0 Å². The van der Waals surface area contributed by atoms with Gasteiger partial charge in [0.25, 0.3) is 0 Å². The summed E-state index contributed by atoms with van der Waals surface area (Å²) < 4.78 is 43.8. The first-order valence-electron chi connectivity index (χ1n) is 6.79. The average molecular weight is 288 g/mol. The molecule has 0 radical (unpaired) electrons. The lowest BCUT2D eigenvalue weighted by molar-refractivity contribution is -0.189. The van der Waals surface area contributed by atoms with Crippen LogP contribution in [0.5, 0.6) is 5.88 Å². The number of hydrogen-bond acceptors (Lipinski definition) is 3. The lowest BCUT2D eigenvalue weighted by Crippen LogP contribution is -2.45. The second kappa shape index (κ2) is 6.43. The van der Waals surface area contributed by atoms with Crippen molar-refractivity contribution in [1.82, 2.24) is 10.3 Å². The van der Waals surface area contributed by atoms with E-state index in [0.29, 0.717) is 25.3 Å². The zero-order valence-corrected chi connectivity index (χ0v) is 11.4. The zero-order chi connectivity index (χ0) is 14.6. The molecule has 20 heavy (non-hydrogen) atoms. The van der Waals surface area contributed by atoms with Gasteiger partial charge >= 0.3 is 6.18 Å². The van der Waals surface area contributed by atoms with Crippen molar-refractivity contribution in [2.45, 2.75) is 44.4 Å². The number of hydrogen-bond donors (Lipinski definition) is 1. The van der Waals surface area contributed by atoms with E-state index in [0.717, 1.165) is 12.0 Å². The number of pyridine rings is 1. The topological polar surface area (TPSA) is 34.1 Å². The SMILES string of the molecule is COc1ccc(CNC2CCCCC2C(F)(F)F)cn1. The zero-order valence-electron chi connectivity index (χ0n) is 11.4. The molecule has 1 aromatic rings. The van der Waals surface area contributed by atoms with E-state index in [9.17, 15) is 13.2 Å². The van der Waals surface area contributed by atoms with Crippen LogP contribution in [-0.4, -0.2) is 24.3 Å². The van der Waals surface area contributed by atoms with E-state index in [1.165, 1.54) is 7.11 Å². The molecule has 0 aliphatic heterocycles. The van der Waals surface area contributed by atoms with E-state index in [4.69, 9.17) is 4.74 Å². The van der Waals surface area contributed by atoms with Gasteiger partial charge in [-0.2, -0.15) is 13.2 Å². The molecule has 2 unspecified atom stereocenters. The Bertz CT molecular complexity index is 419. The molecule has 0 aromatic carbocycles. The highest BCUT2D eigenvalue weighted by molar-refractivity contribution is 5.17. The van der Waals surface area contributed by atoms with Gasteiger partial charge in [-0.25, -0.2) is 4.98 Å². The summed E-state index contributed by atoms with van der Waals surface area (Å²) in [5.74, 6) is -0.734. The molecule has 0 bridgehead atoms.